The molecule has 0 radical (unpaired) electrons. The van der Waals surface area contributed by atoms with Gasteiger partial charge in [-0.3, -0.25) is 4.99 Å². The maximum Gasteiger partial charge on any atom is 0.248 e. The van der Waals surface area contributed by atoms with E-state index in [1.165, 1.54) is 0 Å². The Hall–Kier alpha value is -2.05. The van der Waals surface area contributed by atoms with Gasteiger partial charge in [-0.15, -0.1) is 0 Å². The van der Waals surface area contributed by atoms with Gasteiger partial charge < -0.3 is 20.5 Å². The molecule has 1 saturated carbocycles. The molecule has 0 amide bonds. The summed E-state index contributed by atoms with van der Waals surface area (Å²) in [5, 5.41) is 2.92. The number of alkyl halides is 2. The Morgan fingerprint density at radius 2 is 2.18 bits per heavy atom. The summed E-state index contributed by atoms with van der Waals surface area (Å²) in [7, 11) is 3.10. The number of aliphatic imine (C=N–C) groups is 1. The molecule has 1 unspecified atom stereocenters. The summed E-state index contributed by atoms with van der Waals surface area (Å²) >= 11 is 0. The molecule has 0 aliphatic heterocycles. The molecule has 122 valence electrons. The average Bonchev–Trinajstić information content (AvgIpc) is 2.84. The van der Waals surface area contributed by atoms with E-state index in [4.69, 9.17) is 15.2 Å². The molecule has 0 heterocycles. The van der Waals surface area contributed by atoms with Crippen molar-refractivity contribution in [3.8, 4) is 11.5 Å². The summed E-state index contributed by atoms with van der Waals surface area (Å²) in [5.74, 6) is -1.28. The minimum atomic E-state index is -2.56. The number of rotatable bonds is 5. The molecular formula is C15H21F2N3O2. The number of guanidine groups is 1. The van der Waals surface area contributed by atoms with E-state index in [0.717, 1.165) is 0 Å². The van der Waals surface area contributed by atoms with Crippen LogP contribution in [-0.2, 0) is 0 Å². The molecule has 0 bridgehead atoms. The summed E-state index contributed by atoms with van der Waals surface area (Å²) in [6, 6.07) is 5.23. The Morgan fingerprint density at radius 1 is 1.41 bits per heavy atom. The van der Waals surface area contributed by atoms with Gasteiger partial charge in [-0.1, -0.05) is 0 Å². The van der Waals surface area contributed by atoms with Crippen LogP contribution in [0.15, 0.2) is 23.2 Å². The van der Waals surface area contributed by atoms with E-state index in [0.29, 0.717) is 30.2 Å². The van der Waals surface area contributed by atoms with Gasteiger partial charge in [0.2, 0.25) is 5.92 Å². The molecule has 1 aromatic carbocycles. The molecule has 7 heteroatoms. The Bertz CT molecular complexity index is 550. The number of ether oxygens (including phenoxy) is 2. The van der Waals surface area contributed by atoms with Crippen molar-refractivity contribution in [3.05, 3.63) is 18.2 Å². The number of benzene rings is 1. The van der Waals surface area contributed by atoms with Crippen molar-refractivity contribution in [2.45, 2.75) is 25.2 Å². The normalized spacial score (nSPS) is 20.7. The lowest BCUT2D eigenvalue weighted by molar-refractivity contribution is 0.00542. The average molecular weight is 313 g/mol. The molecule has 1 aliphatic carbocycles. The van der Waals surface area contributed by atoms with Crippen molar-refractivity contribution in [3.63, 3.8) is 0 Å². The SMILES string of the molecule is COc1ccc(OC)c(NC(N)=NCC2CCC(F)(F)C2)c1. The minimum absolute atomic E-state index is 0.0653. The van der Waals surface area contributed by atoms with E-state index in [2.05, 4.69) is 10.3 Å². The third kappa shape index (κ3) is 4.22. The lowest BCUT2D eigenvalue weighted by Gasteiger charge is -2.13. The zero-order valence-corrected chi connectivity index (χ0v) is 12.7. The first-order valence-corrected chi connectivity index (χ1v) is 7.10. The van der Waals surface area contributed by atoms with Gasteiger partial charge in [0.25, 0.3) is 0 Å². The summed E-state index contributed by atoms with van der Waals surface area (Å²) in [6.45, 7) is 0.292. The monoisotopic (exact) mass is 313 g/mol. The number of anilines is 1. The zero-order chi connectivity index (χ0) is 16.2. The van der Waals surface area contributed by atoms with Crippen molar-refractivity contribution in [2.75, 3.05) is 26.1 Å². The molecule has 0 aromatic heterocycles. The van der Waals surface area contributed by atoms with Crippen LogP contribution in [0.25, 0.3) is 0 Å². The van der Waals surface area contributed by atoms with Crippen LogP contribution in [0.1, 0.15) is 19.3 Å². The Kier molecular flexibility index (Phi) is 5.05. The van der Waals surface area contributed by atoms with Gasteiger partial charge >= 0.3 is 0 Å². The number of nitrogens with zero attached hydrogens (tertiary/aromatic N) is 1. The number of methoxy groups -OCH3 is 2. The number of nitrogens with two attached hydrogens (primary N) is 1. The van der Waals surface area contributed by atoms with Crippen LogP contribution in [0.3, 0.4) is 0 Å². The van der Waals surface area contributed by atoms with Crippen LogP contribution >= 0.6 is 0 Å². The Labute approximate surface area is 128 Å². The molecule has 1 aromatic rings. The van der Waals surface area contributed by atoms with Crippen molar-refractivity contribution < 1.29 is 18.3 Å². The molecule has 1 fully saturated rings. The van der Waals surface area contributed by atoms with Gasteiger partial charge in [0, 0.05) is 25.5 Å². The van der Waals surface area contributed by atoms with E-state index in [1.54, 1.807) is 32.4 Å². The quantitative estimate of drug-likeness (QED) is 0.648. The Balaban J connectivity index is 1.99. The highest BCUT2D eigenvalue weighted by Crippen LogP contribution is 2.38. The second kappa shape index (κ2) is 6.81. The summed E-state index contributed by atoms with van der Waals surface area (Å²) < 4.78 is 36.6. The predicted octanol–water partition coefficient (Wildman–Crippen LogP) is 2.87. The largest absolute Gasteiger partial charge is 0.497 e. The van der Waals surface area contributed by atoms with E-state index in [1.807, 2.05) is 0 Å². The molecule has 22 heavy (non-hydrogen) atoms. The third-order valence-corrected chi connectivity index (χ3v) is 3.69. The number of halogens is 2. The van der Waals surface area contributed by atoms with E-state index in [-0.39, 0.29) is 24.7 Å². The molecule has 0 saturated heterocycles. The van der Waals surface area contributed by atoms with Gasteiger partial charge in [0.1, 0.15) is 11.5 Å². The fourth-order valence-corrected chi connectivity index (χ4v) is 2.51. The topological polar surface area (TPSA) is 68.9 Å². The van der Waals surface area contributed by atoms with Gasteiger partial charge in [-0.25, -0.2) is 8.78 Å². The highest BCUT2D eigenvalue weighted by atomic mass is 19.3. The maximum atomic E-state index is 13.1. The highest BCUT2D eigenvalue weighted by Gasteiger charge is 2.39. The van der Waals surface area contributed by atoms with Crippen LogP contribution in [0.5, 0.6) is 11.5 Å². The molecule has 0 spiro atoms. The van der Waals surface area contributed by atoms with Gasteiger partial charge in [0.15, 0.2) is 5.96 Å². The maximum absolute atomic E-state index is 13.1. The summed E-state index contributed by atoms with van der Waals surface area (Å²) in [5.41, 5.74) is 6.43. The fourth-order valence-electron chi connectivity index (χ4n) is 2.51. The fraction of sp³-hybridized carbons (Fsp3) is 0.533. The summed E-state index contributed by atoms with van der Waals surface area (Å²) in [4.78, 5) is 4.15. The van der Waals surface area contributed by atoms with Crippen molar-refractivity contribution in [1.29, 1.82) is 0 Å². The van der Waals surface area contributed by atoms with Gasteiger partial charge in [-0.05, 0) is 24.5 Å². The number of nitrogens with one attached hydrogen (secondary N) is 1. The van der Waals surface area contributed by atoms with Crippen molar-refractivity contribution in [2.24, 2.45) is 16.6 Å². The number of hydrogen-bond acceptors (Lipinski definition) is 3. The number of hydrogen-bond donors (Lipinski definition) is 2. The third-order valence-electron chi connectivity index (χ3n) is 3.69. The minimum Gasteiger partial charge on any atom is -0.497 e. The smallest absolute Gasteiger partial charge is 0.248 e. The van der Waals surface area contributed by atoms with Crippen LogP contribution in [0.2, 0.25) is 0 Å². The van der Waals surface area contributed by atoms with Crippen LogP contribution in [0.4, 0.5) is 14.5 Å². The van der Waals surface area contributed by atoms with Crippen molar-refractivity contribution in [1.82, 2.24) is 0 Å². The highest BCUT2D eigenvalue weighted by molar-refractivity contribution is 5.94. The van der Waals surface area contributed by atoms with Crippen LogP contribution in [-0.4, -0.2) is 32.6 Å². The molecule has 2 rings (SSSR count). The van der Waals surface area contributed by atoms with Crippen LogP contribution in [0, 0.1) is 5.92 Å². The first-order valence-electron chi connectivity index (χ1n) is 7.10. The standard InChI is InChI=1S/C15H21F2N3O2/c1-21-11-3-4-13(22-2)12(7-11)20-14(18)19-9-10-5-6-15(16,17)8-10/h3-4,7,10H,5-6,8-9H2,1-2H3,(H3,18,19,20). The van der Waals surface area contributed by atoms with Crippen LogP contribution < -0.4 is 20.5 Å². The predicted molar refractivity (Wildman–Crippen MR) is 81.9 cm³/mol. The second-order valence-corrected chi connectivity index (χ2v) is 5.38. The molecule has 3 N–H and O–H groups in total. The lowest BCUT2D eigenvalue weighted by Crippen LogP contribution is -2.24. The Morgan fingerprint density at radius 3 is 2.77 bits per heavy atom. The van der Waals surface area contributed by atoms with Gasteiger partial charge in [-0.2, -0.15) is 0 Å². The van der Waals surface area contributed by atoms with Gasteiger partial charge in [0.05, 0.1) is 19.9 Å². The second-order valence-electron chi connectivity index (χ2n) is 5.38. The van der Waals surface area contributed by atoms with E-state index >= 15 is 0 Å². The van der Waals surface area contributed by atoms with Crippen molar-refractivity contribution >= 4 is 11.6 Å². The molecular weight excluding hydrogens is 292 g/mol. The zero-order valence-electron chi connectivity index (χ0n) is 12.7. The van der Waals surface area contributed by atoms with E-state index in [9.17, 15) is 8.78 Å². The summed E-state index contributed by atoms with van der Waals surface area (Å²) in [6.07, 6.45) is 0.294. The molecule has 1 aliphatic rings. The molecule has 1 atom stereocenters. The lowest BCUT2D eigenvalue weighted by atomic mass is 10.1. The first kappa shape index (κ1) is 16.3. The first-order chi connectivity index (χ1) is 10.4. The molecule has 5 nitrogen and oxygen atoms in total. The van der Waals surface area contributed by atoms with E-state index < -0.39 is 5.92 Å².